The standard InChI is InChI=1S/C19H13Cl4N9O/c20-6-3-7-33-11-5-2-1-4-10(11)32(17-13-15(25-8-24-13)28-19(23)30-17)31-9-26-12-14(21)27-18(22)29-16(12)31/h1-2,4-5,8-9H,3,6-7H2,(H,24,25,28,30). The highest BCUT2D eigenvalue weighted by atomic mass is 35.5. The summed E-state index contributed by atoms with van der Waals surface area (Å²) < 4.78 is 7.63. The zero-order valence-corrected chi connectivity index (χ0v) is 19.6. The maximum Gasteiger partial charge on any atom is 0.226 e. The van der Waals surface area contributed by atoms with E-state index in [0.29, 0.717) is 58.5 Å². The van der Waals surface area contributed by atoms with E-state index >= 15 is 0 Å². The summed E-state index contributed by atoms with van der Waals surface area (Å²) in [5, 5.41) is 1.79. The van der Waals surface area contributed by atoms with Crippen LogP contribution >= 0.6 is 46.4 Å². The first kappa shape index (κ1) is 21.9. The lowest BCUT2D eigenvalue weighted by Crippen LogP contribution is -2.26. The minimum atomic E-state index is -0.0357. The first-order valence-electron chi connectivity index (χ1n) is 9.57. The highest BCUT2D eigenvalue weighted by Crippen LogP contribution is 2.37. The molecule has 0 unspecified atom stereocenters. The summed E-state index contributed by atoms with van der Waals surface area (Å²) in [6, 6.07) is 7.39. The van der Waals surface area contributed by atoms with Crippen molar-refractivity contribution < 1.29 is 4.74 Å². The zero-order valence-electron chi connectivity index (χ0n) is 16.6. The SMILES string of the molecule is ClCCCOc1ccccc1N(c1nc(Cl)nc2[nH]cnc12)n1cnc2c(Cl)nc(Cl)nc21. The number of anilines is 2. The Bertz CT molecular complexity index is 1450. The third kappa shape index (κ3) is 4.10. The van der Waals surface area contributed by atoms with E-state index in [1.165, 1.54) is 12.7 Å². The van der Waals surface area contributed by atoms with Gasteiger partial charge in [0.2, 0.25) is 10.6 Å². The maximum atomic E-state index is 6.26. The molecule has 14 heteroatoms. The van der Waals surface area contributed by atoms with Crippen molar-refractivity contribution in [3.63, 3.8) is 0 Å². The third-order valence-electron chi connectivity index (χ3n) is 4.59. The van der Waals surface area contributed by atoms with Gasteiger partial charge in [0, 0.05) is 5.88 Å². The van der Waals surface area contributed by atoms with Crippen LogP contribution in [0.4, 0.5) is 11.5 Å². The van der Waals surface area contributed by atoms with Gasteiger partial charge in [0.25, 0.3) is 0 Å². The minimum absolute atomic E-state index is 0.0161. The molecule has 0 saturated heterocycles. The second-order valence-electron chi connectivity index (χ2n) is 6.63. The number of fused-ring (bicyclic) bond motifs is 2. The molecule has 0 bridgehead atoms. The van der Waals surface area contributed by atoms with E-state index in [1.54, 1.807) is 9.69 Å². The monoisotopic (exact) mass is 523 g/mol. The molecule has 4 aromatic heterocycles. The molecular weight excluding hydrogens is 512 g/mol. The molecule has 33 heavy (non-hydrogen) atoms. The lowest BCUT2D eigenvalue weighted by atomic mass is 10.2. The van der Waals surface area contributed by atoms with E-state index in [9.17, 15) is 0 Å². The first-order valence-corrected chi connectivity index (χ1v) is 11.2. The molecule has 0 spiro atoms. The molecular formula is C19H13Cl4N9O. The summed E-state index contributed by atoms with van der Waals surface area (Å²) in [4.78, 5) is 28.7. The predicted molar refractivity (Wildman–Crippen MR) is 127 cm³/mol. The number of hydrogen-bond acceptors (Lipinski definition) is 8. The number of ether oxygens (including phenoxy) is 1. The van der Waals surface area contributed by atoms with Gasteiger partial charge in [-0.2, -0.15) is 15.0 Å². The van der Waals surface area contributed by atoms with Gasteiger partial charge in [0.15, 0.2) is 27.8 Å². The normalized spacial score (nSPS) is 11.4. The molecule has 0 fully saturated rings. The highest BCUT2D eigenvalue weighted by Gasteiger charge is 2.26. The van der Waals surface area contributed by atoms with Crippen molar-refractivity contribution in [2.24, 2.45) is 0 Å². The Kier molecular flexibility index (Phi) is 6.07. The van der Waals surface area contributed by atoms with Gasteiger partial charge in [-0.25, -0.2) is 24.6 Å². The van der Waals surface area contributed by atoms with E-state index in [-0.39, 0.29) is 15.7 Å². The Morgan fingerprint density at radius 2 is 1.79 bits per heavy atom. The lowest BCUT2D eigenvalue weighted by molar-refractivity contribution is 0.318. The average Bonchev–Trinajstić information content (AvgIpc) is 3.42. The Labute approximate surface area is 206 Å². The van der Waals surface area contributed by atoms with Crippen LogP contribution in [-0.4, -0.2) is 52.1 Å². The van der Waals surface area contributed by atoms with Crippen molar-refractivity contribution in [2.75, 3.05) is 17.5 Å². The molecule has 0 radical (unpaired) electrons. The number of halogens is 4. The Hall–Kier alpha value is -2.92. The lowest BCUT2D eigenvalue weighted by Gasteiger charge is -2.26. The van der Waals surface area contributed by atoms with Crippen molar-refractivity contribution in [1.82, 2.24) is 39.6 Å². The fraction of sp³-hybridized carbons (Fsp3) is 0.158. The number of alkyl halides is 1. The van der Waals surface area contributed by atoms with Crippen LogP contribution in [0.5, 0.6) is 5.75 Å². The molecule has 4 heterocycles. The number of imidazole rings is 2. The number of para-hydroxylation sites is 2. The van der Waals surface area contributed by atoms with Crippen molar-refractivity contribution in [3.05, 3.63) is 52.6 Å². The molecule has 0 aliphatic heterocycles. The minimum Gasteiger partial charge on any atom is -0.491 e. The van der Waals surface area contributed by atoms with Gasteiger partial charge in [-0.1, -0.05) is 23.7 Å². The average molecular weight is 525 g/mol. The molecule has 168 valence electrons. The first-order chi connectivity index (χ1) is 16.1. The number of aromatic nitrogens is 8. The number of nitrogens with zero attached hydrogens (tertiary/aromatic N) is 8. The van der Waals surface area contributed by atoms with Gasteiger partial charge in [-0.15, -0.1) is 11.6 Å². The van der Waals surface area contributed by atoms with Gasteiger partial charge in [-0.3, -0.25) is 0 Å². The predicted octanol–water partition coefficient (Wildman–Crippen LogP) is 5.06. The van der Waals surface area contributed by atoms with E-state index in [1.807, 2.05) is 24.3 Å². The van der Waals surface area contributed by atoms with E-state index in [4.69, 9.17) is 51.1 Å². The summed E-state index contributed by atoms with van der Waals surface area (Å²) in [6.07, 6.45) is 3.69. The number of nitrogens with one attached hydrogen (secondary N) is 1. The van der Waals surface area contributed by atoms with Crippen LogP contribution in [0.1, 0.15) is 6.42 Å². The fourth-order valence-corrected chi connectivity index (χ4v) is 3.94. The second-order valence-corrected chi connectivity index (χ2v) is 8.04. The Morgan fingerprint density at radius 1 is 0.970 bits per heavy atom. The van der Waals surface area contributed by atoms with Crippen LogP contribution in [0, 0.1) is 0 Å². The summed E-state index contributed by atoms with van der Waals surface area (Å²) >= 11 is 24.4. The number of benzene rings is 1. The van der Waals surface area contributed by atoms with E-state index in [0.717, 1.165) is 0 Å². The molecule has 5 rings (SSSR count). The van der Waals surface area contributed by atoms with Crippen LogP contribution in [0.3, 0.4) is 0 Å². The number of aromatic amines is 1. The molecule has 1 aromatic carbocycles. The van der Waals surface area contributed by atoms with Gasteiger partial charge in [-0.05, 0) is 41.8 Å². The van der Waals surface area contributed by atoms with Crippen LogP contribution < -0.4 is 9.75 Å². The molecule has 0 amide bonds. The van der Waals surface area contributed by atoms with Gasteiger partial charge in [0.05, 0.1) is 12.9 Å². The summed E-state index contributed by atoms with van der Waals surface area (Å²) in [5.41, 5.74) is 2.21. The van der Waals surface area contributed by atoms with Crippen molar-refractivity contribution in [2.45, 2.75) is 6.42 Å². The highest BCUT2D eigenvalue weighted by molar-refractivity contribution is 6.35. The van der Waals surface area contributed by atoms with Crippen LogP contribution in [-0.2, 0) is 0 Å². The second kappa shape index (κ2) is 9.14. The third-order valence-corrected chi connectivity index (χ3v) is 5.46. The van der Waals surface area contributed by atoms with E-state index < -0.39 is 0 Å². The topological polar surface area (TPSA) is 111 Å². The summed E-state index contributed by atoms with van der Waals surface area (Å²) in [6.45, 7) is 0.418. The maximum absolute atomic E-state index is 6.26. The van der Waals surface area contributed by atoms with Gasteiger partial charge < -0.3 is 9.72 Å². The molecule has 10 nitrogen and oxygen atoms in total. The summed E-state index contributed by atoms with van der Waals surface area (Å²) in [7, 11) is 0. The summed E-state index contributed by atoms with van der Waals surface area (Å²) in [5.74, 6) is 1.39. The van der Waals surface area contributed by atoms with Crippen LogP contribution in [0.15, 0.2) is 36.9 Å². The van der Waals surface area contributed by atoms with Gasteiger partial charge in [0.1, 0.15) is 23.3 Å². The van der Waals surface area contributed by atoms with Crippen LogP contribution in [0.2, 0.25) is 15.7 Å². The van der Waals surface area contributed by atoms with Crippen molar-refractivity contribution in [1.29, 1.82) is 0 Å². The number of H-pyrrole nitrogens is 1. The molecule has 0 saturated carbocycles. The Balaban J connectivity index is 1.79. The molecule has 5 aromatic rings. The van der Waals surface area contributed by atoms with Crippen molar-refractivity contribution in [3.8, 4) is 5.75 Å². The van der Waals surface area contributed by atoms with Gasteiger partial charge >= 0.3 is 0 Å². The van der Waals surface area contributed by atoms with Crippen molar-refractivity contribution >= 4 is 80.2 Å². The Morgan fingerprint density at radius 3 is 2.64 bits per heavy atom. The van der Waals surface area contributed by atoms with Crippen LogP contribution in [0.25, 0.3) is 22.3 Å². The number of rotatable bonds is 7. The molecule has 1 N–H and O–H groups in total. The smallest absolute Gasteiger partial charge is 0.226 e. The van der Waals surface area contributed by atoms with E-state index in [2.05, 4.69) is 34.9 Å². The largest absolute Gasteiger partial charge is 0.491 e. The fourth-order valence-electron chi connectivity index (χ4n) is 3.24. The molecule has 0 atom stereocenters. The number of hydrogen-bond donors (Lipinski definition) is 1. The quantitative estimate of drug-likeness (QED) is 0.136. The molecule has 0 aliphatic carbocycles. The zero-order chi connectivity index (χ0) is 22.9. The molecule has 0 aliphatic rings.